The summed E-state index contributed by atoms with van der Waals surface area (Å²) in [5.41, 5.74) is 5.65. The molecule has 0 saturated carbocycles. The fourth-order valence-corrected chi connectivity index (χ4v) is 2.23. The molecule has 0 radical (unpaired) electrons. The predicted octanol–water partition coefficient (Wildman–Crippen LogP) is -0.351. The maximum absolute atomic E-state index is 11.5. The molecular weight excluding hydrogens is 178 g/mol. The quantitative estimate of drug-likeness (QED) is 0.653. The minimum Gasteiger partial charge on any atom is -0.359 e. The number of nitrogens with two attached hydrogens (primary N) is 1. The molecule has 14 heavy (non-hydrogen) atoms. The zero-order valence-electron chi connectivity index (χ0n) is 9.12. The summed E-state index contributed by atoms with van der Waals surface area (Å²) in [5.74, 6) is 0.509. The van der Waals surface area contributed by atoms with Crippen LogP contribution in [0.4, 0.5) is 0 Å². The standard InChI is InChI=1S/C10H21N3O/c1-12-10(14)9(6-11)8-4-3-5-13(2)7-8/h8-9H,3-7,11H2,1-2H3,(H,12,14). The molecule has 1 aliphatic rings. The monoisotopic (exact) mass is 199 g/mol. The number of carbonyl (C=O) groups excluding carboxylic acids is 1. The lowest BCUT2D eigenvalue weighted by Gasteiger charge is -2.33. The van der Waals surface area contributed by atoms with Gasteiger partial charge in [0.15, 0.2) is 0 Å². The second-order valence-corrected chi connectivity index (χ2v) is 4.12. The largest absolute Gasteiger partial charge is 0.359 e. The second-order valence-electron chi connectivity index (χ2n) is 4.12. The van der Waals surface area contributed by atoms with Gasteiger partial charge >= 0.3 is 0 Å². The summed E-state index contributed by atoms with van der Waals surface area (Å²) in [7, 11) is 3.78. The molecule has 4 nitrogen and oxygen atoms in total. The lowest BCUT2D eigenvalue weighted by atomic mass is 9.85. The van der Waals surface area contributed by atoms with E-state index in [1.54, 1.807) is 7.05 Å². The van der Waals surface area contributed by atoms with Crippen LogP contribution in [0.5, 0.6) is 0 Å². The molecule has 0 aliphatic carbocycles. The first-order chi connectivity index (χ1) is 6.69. The van der Waals surface area contributed by atoms with E-state index in [0.29, 0.717) is 12.5 Å². The van der Waals surface area contributed by atoms with E-state index in [0.717, 1.165) is 19.5 Å². The van der Waals surface area contributed by atoms with Gasteiger partial charge in [0.05, 0.1) is 5.92 Å². The van der Waals surface area contributed by atoms with E-state index in [9.17, 15) is 4.79 Å². The maximum atomic E-state index is 11.5. The van der Waals surface area contributed by atoms with Gasteiger partial charge < -0.3 is 16.0 Å². The van der Waals surface area contributed by atoms with Crippen LogP contribution >= 0.6 is 0 Å². The third-order valence-corrected chi connectivity index (χ3v) is 3.07. The minimum absolute atomic E-state index is 0.0113. The number of amides is 1. The van der Waals surface area contributed by atoms with Gasteiger partial charge in [-0.2, -0.15) is 0 Å². The van der Waals surface area contributed by atoms with E-state index >= 15 is 0 Å². The van der Waals surface area contributed by atoms with Crippen molar-refractivity contribution in [1.29, 1.82) is 0 Å². The van der Waals surface area contributed by atoms with Crippen molar-refractivity contribution < 1.29 is 4.79 Å². The van der Waals surface area contributed by atoms with E-state index in [2.05, 4.69) is 17.3 Å². The van der Waals surface area contributed by atoms with Crippen molar-refractivity contribution in [3.63, 3.8) is 0 Å². The van der Waals surface area contributed by atoms with Crippen molar-refractivity contribution in [3.8, 4) is 0 Å². The fraction of sp³-hybridized carbons (Fsp3) is 0.900. The number of likely N-dealkylation sites (tertiary alicyclic amines) is 1. The van der Waals surface area contributed by atoms with E-state index in [-0.39, 0.29) is 11.8 Å². The third kappa shape index (κ3) is 2.69. The Morgan fingerprint density at radius 1 is 1.71 bits per heavy atom. The van der Waals surface area contributed by atoms with Gasteiger partial charge in [-0.1, -0.05) is 0 Å². The van der Waals surface area contributed by atoms with Crippen molar-refractivity contribution in [3.05, 3.63) is 0 Å². The Morgan fingerprint density at radius 3 is 2.93 bits per heavy atom. The van der Waals surface area contributed by atoms with Crippen molar-refractivity contribution >= 4 is 5.91 Å². The Bertz CT molecular complexity index is 196. The summed E-state index contributed by atoms with van der Waals surface area (Å²) in [5, 5.41) is 2.69. The van der Waals surface area contributed by atoms with Gasteiger partial charge in [-0.15, -0.1) is 0 Å². The van der Waals surface area contributed by atoms with Gasteiger partial charge in [0, 0.05) is 20.1 Å². The smallest absolute Gasteiger partial charge is 0.224 e. The Labute approximate surface area is 85.8 Å². The van der Waals surface area contributed by atoms with E-state index < -0.39 is 0 Å². The average Bonchev–Trinajstić information content (AvgIpc) is 2.19. The molecule has 82 valence electrons. The normalized spacial score (nSPS) is 25.8. The average molecular weight is 199 g/mol. The van der Waals surface area contributed by atoms with Crippen molar-refractivity contribution in [2.75, 3.05) is 33.7 Å². The molecule has 1 heterocycles. The second kappa shape index (κ2) is 5.32. The molecule has 1 rings (SSSR count). The van der Waals surface area contributed by atoms with Crippen LogP contribution in [0.25, 0.3) is 0 Å². The highest BCUT2D eigenvalue weighted by Gasteiger charge is 2.29. The number of hydrogen-bond donors (Lipinski definition) is 2. The molecule has 0 bridgehead atoms. The molecule has 2 atom stereocenters. The maximum Gasteiger partial charge on any atom is 0.224 e. The lowest BCUT2D eigenvalue weighted by molar-refractivity contribution is -0.126. The molecular formula is C10H21N3O. The molecule has 4 heteroatoms. The predicted molar refractivity (Wildman–Crippen MR) is 56.8 cm³/mol. The number of nitrogens with zero attached hydrogens (tertiary/aromatic N) is 1. The number of piperidine rings is 1. The first-order valence-electron chi connectivity index (χ1n) is 5.29. The van der Waals surface area contributed by atoms with Gasteiger partial charge in [0.1, 0.15) is 0 Å². The van der Waals surface area contributed by atoms with Gasteiger partial charge in [-0.25, -0.2) is 0 Å². The molecule has 0 aromatic heterocycles. The van der Waals surface area contributed by atoms with Crippen LogP contribution in [0.1, 0.15) is 12.8 Å². The lowest BCUT2D eigenvalue weighted by Crippen LogP contribution is -2.44. The fourth-order valence-electron chi connectivity index (χ4n) is 2.23. The van der Waals surface area contributed by atoms with Gasteiger partial charge in [0.2, 0.25) is 5.91 Å². The minimum atomic E-state index is -0.0113. The highest BCUT2D eigenvalue weighted by molar-refractivity contribution is 5.78. The molecule has 0 spiro atoms. The third-order valence-electron chi connectivity index (χ3n) is 3.07. The zero-order chi connectivity index (χ0) is 10.6. The first-order valence-corrected chi connectivity index (χ1v) is 5.29. The summed E-state index contributed by atoms with van der Waals surface area (Å²) < 4.78 is 0. The molecule has 1 amide bonds. The van der Waals surface area contributed by atoms with Gasteiger partial charge in [-0.05, 0) is 32.4 Å². The molecule has 1 saturated heterocycles. The molecule has 1 aliphatic heterocycles. The molecule has 2 unspecified atom stereocenters. The SMILES string of the molecule is CNC(=O)C(CN)C1CCCN(C)C1. The van der Waals surface area contributed by atoms with Crippen LogP contribution in [0.3, 0.4) is 0 Å². The van der Waals surface area contributed by atoms with Crippen LogP contribution in [0.2, 0.25) is 0 Å². The van der Waals surface area contributed by atoms with E-state index in [1.807, 2.05) is 0 Å². The summed E-state index contributed by atoms with van der Waals surface area (Å²) in [6.07, 6.45) is 2.30. The zero-order valence-corrected chi connectivity index (χ0v) is 9.12. The number of hydrogen-bond acceptors (Lipinski definition) is 3. The number of nitrogens with one attached hydrogen (secondary N) is 1. The Morgan fingerprint density at radius 2 is 2.43 bits per heavy atom. The Balaban J connectivity index is 2.54. The molecule has 1 fully saturated rings. The summed E-state index contributed by atoms with van der Waals surface area (Å²) >= 11 is 0. The van der Waals surface area contributed by atoms with E-state index in [4.69, 9.17) is 5.73 Å². The van der Waals surface area contributed by atoms with E-state index in [1.165, 1.54) is 6.42 Å². The number of carbonyl (C=O) groups is 1. The summed E-state index contributed by atoms with van der Waals surface area (Å²) in [6, 6.07) is 0. The van der Waals surface area contributed by atoms with Crippen LogP contribution in [0.15, 0.2) is 0 Å². The van der Waals surface area contributed by atoms with Crippen LogP contribution in [0, 0.1) is 11.8 Å². The Hall–Kier alpha value is -0.610. The highest BCUT2D eigenvalue weighted by Crippen LogP contribution is 2.22. The summed E-state index contributed by atoms with van der Waals surface area (Å²) in [6.45, 7) is 2.59. The van der Waals surface area contributed by atoms with Crippen LogP contribution in [-0.4, -0.2) is 44.5 Å². The van der Waals surface area contributed by atoms with Crippen molar-refractivity contribution in [1.82, 2.24) is 10.2 Å². The number of rotatable bonds is 3. The molecule has 0 aromatic carbocycles. The van der Waals surface area contributed by atoms with Gasteiger partial charge in [-0.3, -0.25) is 4.79 Å². The Kier molecular flexibility index (Phi) is 4.35. The first kappa shape index (κ1) is 11.5. The van der Waals surface area contributed by atoms with Crippen molar-refractivity contribution in [2.24, 2.45) is 17.6 Å². The van der Waals surface area contributed by atoms with Crippen LogP contribution < -0.4 is 11.1 Å². The van der Waals surface area contributed by atoms with Crippen molar-refractivity contribution in [2.45, 2.75) is 12.8 Å². The van der Waals surface area contributed by atoms with Gasteiger partial charge in [0.25, 0.3) is 0 Å². The van der Waals surface area contributed by atoms with Crippen LogP contribution in [-0.2, 0) is 4.79 Å². The molecule has 3 N–H and O–H groups in total. The summed E-state index contributed by atoms with van der Waals surface area (Å²) in [4.78, 5) is 13.8. The highest BCUT2D eigenvalue weighted by atomic mass is 16.1. The molecule has 0 aromatic rings. The topological polar surface area (TPSA) is 58.4 Å².